The van der Waals surface area contributed by atoms with Crippen LogP contribution in [-0.2, 0) is 23.6 Å². The molecular weight excluding hydrogens is 422 g/mol. The molecule has 0 saturated carbocycles. The van der Waals surface area contributed by atoms with Crippen molar-refractivity contribution in [3.8, 4) is 0 Å². The number of anilines is 1. The van der Waals surface area contributed by atoms with Crippen LogP contribution in [0.2, 0.25) is 0 Å². The van der Waals surface area contributed by atoms with Crippen LogP contribution < -0.4 is 16.6 Å². The van der Waals surface area contributed by atoms with Crippen molar-refractivity contribution in [3.05, 3.63) is 50.7 Å². The number of fused-ring (bicyclic) bond motifs is 1. The molecule has 0 aliphatic carbocycles. The Morgan fingerprint density at radius 3 is 2.55 bits per heavy atom. The number of ether oxygens (including phenoxy) is 1. The van der Waals surface area contributed by atoms with Crippen LogP contribution in [0.15, 0.2) is 39.0 Å². The van der Waals surface area contributed by atoms with Gasteiger partial charge in [-0.1, -0.05) is 17.8 Å². The number of rotatable bonds is 6. The molecule has 1 N–H and O–H groups in total. The summed E-state index contributed by atoms with van der Waals surface area (Å²) in [6.07, 6.45) is 0. The lowest BCUT2D eigenvalue weighted by Crippen LogP contribution is -2.37. The number of carbonyl (C=O) groups is 2. The van der Waals surface area contributed by atoms with Crippen molar-refractivity contribution in [3.63, 3.8) is 0 Å². The third-order valence-electron chi connectivity index (χ3n) is 4.68. The second-order valence-corrected chi connectivity index (χ2v) is 8.09. The topological polar surface area (TPSA) is 117 Å². The van der Waals surface area contributed by atoms with Crippen molar-refractivity contribution in [2.75, 3.05) is 18.2 Å². The number of imidazole rings is 1. The number of nitrogens with zero attached hydrogens (tertiary/aromatic N) is 4. The van der Waals surface area contributed by atoms with E-state index >= 15 is 0 Å². The van der Waals surface area contributed by atoms with Crippen molar-refractivity contribution in [1.82, 2.24) is 18.7 Å². The van der Waals surface area contributed by atoms with Gasteiger partial charge in [0, 0.05) is 25.8 Å². The van der Waals surface area contributed by atoms with Gasteiger partial charge in [-0.3, -0.25) is 18.7 Å². The van der Waals surface area contributed by atoms with Gasteiger partial charge in [-0.15, -0.1) is 0 Å². The number of amides is 1. The molecule has 1 aromatic carbocycles. The van der Waals surface area contributed by atoms with Crippen LogP contribution in [-0.4, -0.2) is 43.4 Å². The summed E-state index contributed by atoms with van der Waals surface area (Å²) in [7, 11) is 4.26. The predicted octanol–water partition coefficient (Wildman–Crippen LogP) is 1.53. The Bertz CT molecular complexity index is 1290. The Labute approximate surface area is 181 Å². The number of thioether (sulfide) groups is 1. The lowest BCUT2D eigenvalue weighted by Gasteiger charge is -2.12. The minimum atomic E-state index is -0.497. The van der Waals surface area contributed by atoms with Gasteiger partial charge in [-0.25, -0.2) is 14.6 Å². The quantitative estimate of drug-likeness (QED) is 0.452. The summed E-state index contributed by atoms with van der Waals surface area (Å²) in [5, 5.41) is 3.19. The van der Waals surface area contributed by atoms with Crippen LogP contribution in [0, 0.1) is 0 Å². The molecule has 0 radical (unpaired) electrons. The lowest BCUT2D eigenvalue weighted by atomic mass is 10.2. The molecule has 0 atom stereocenters. The number of hydrogen-bond donors (Lipinski definition) is 1. The number of nitrogens with one attached hydrogen (secondary N) is 1. The highest BCUT2D eigenvalue weighted by atomic mass is 32.2. The molecule has 3 aromatic rings. The van der Waals surface area contributed by atoms with E-state index in [0.29, 0.717) is 21.9 Å². The van der Waals surface area contributed by atoms with Gasteiger partial charge < -0.3 is 14.6 Å². The molecule has 1 amide bonds. The third-order valence-corrected chi connectivity index (χ3v) is 5.63. The first kappa shape index (κ1) is 22.3. The first-order valence-electron chi connectivity index (χ1n) is 9.44. The van der Waals surface area contributed by atoms with Gasteiger partial charge in [-0.2, -0.15) is 0 Å². The molecule has 2 heterocycles. The molecule has 0 bridgehead atoms. The zero-order valence-corrected chi connectivity index (χ0v) is 18.6. The fraction of sp³-hybridized carbons (Fsp3) is 0.350. The molecule has 2 aromatic heterocycles. The minimum Gasteiger partial charge on any atom is -0.465 e. The Kier molecular flexibility index (Phi) is 6.34. The van der Waals surface area contributed by atoms with Crippen molar-refractivity contribution >= 4 is 40.5 Å². The van der Waals surface area contributed by atoms with Crippen molar-refractivity contribution in [2.24, 2.45) is 14.1 Å². The lowest BCUT2D eigenvalue weighted by molar-refractivity contribution is -0.113. The van der Waals surface area contributed by atoms with Crippen LogP contribution >= 0.6 is 11.8 Å². The van der Waals surface area contributed by atoms with Gasteiger partial charge in [-0.05, 0) is 32.0 Å². The molecule has 0 unspecified atom stereocenters. The summed E-state index contributed by atoms with van der Waals surface area (Å²) < 4.78 is 8.77. The first-order chi connectivity index (χ1) is 14.6. The number of carbonyl (C=O) groups excluding carboxylic acids is 2. The average molecular weight is 446 g/mol. The van der Waals surface area contributed by atoms with E-state index in [9.17, 15) is 19.2 Å². The van der Waals surface area contributed by atoms with E-state index in [1.54, 1.807) is 29.8 Å². The molecule has 0 aliphatic rings. The minimum absolute atomic E-state index is 0.0206. The Morgan fingerprint density at radius 1 is 1.19 bits per heavy atom. The van der Waals surface area contributed by atoms with Crippen molar-refractivity contribution < 1.29 is 14.3 Å². The van der Waals surface area contributed by atoms with Gasteiger partial charge in [0.05, 0.1) is 18.4 Å². The zero-order valence-electron chi connectivity index (χ0n) is 17.8. The van der Waals surface area contributed by atoms with Crippen molar-refractivity contribution in [2.45, 2.75) is 25.0 Å². The molecule has 164 valence electrons. The van der Waals surface area contributed by atoms with E-state index in [4.69, 9.17) is 0 Å². The largest absolute Gasteiger partial charge is 0.465 e. The number of methoxy groups -OCH3 is 1. The molecule has 0 aliphatic heterocycles. The average Bonchev–Trinajstić information content (AvgIpc) is 3.14. The first-order valence-corrected chi connectivity index (χ1v) is 10.4. The number of aromatic nitrogens is 4. The molecule has 31 heavy (non-hydrogen) atoms. The fourth-order valence-corrected chi connectivity index (χ4v) is 4.07. The fourth-order valence-electron chi connectivity index (χ4n) is 3.14. The van der Waals surface area contributed by atoms with Gasteiger partial charge in [0.25, 0.3) is 5.56 Å². The predicted molar refractivity (Wildman–Crippen MR) is 118 cm³/mol. The summed E-state index contributed by atoms with van der Waals surface area (Å²) in [5.74, 6) is -0.785. The van der Waals surface area contributed by atoms with Crippen molar-refractivity contribution in [1.29, 1.82) is 0 Å². The monoisotopic (exact) mass is 445 g/mol. The van der Waals surface area contributed by atoms with E-state index in [0.717, 1.165) is 16.3 Å². The molecule has 3 rings (SSSR count). The van der Waals surface area contributed by atoms with E-state index in [1.807, 2.05) is 13.8 Å². The van der Waals surface area contributed by atoms with Gasteiger partial charge in [0.15, 0.2) is 16.3 Å². The van der Waals surface area contributed by atoms with Crippen LogP contribution in [0.1, 0.15) is 30.2 Å². The standard InChI is InChI=1S/C20H23N5O5S/c1-11(2)25-15-16(23(3)20(29)24(4)17(15)27)22-19(25)31-10-14(26)21-13-8-6-7-12(9-13)18(28)30-5/h6-9,11H,10H2,1-5H3,(H,21,26). The number of aryl methyl sites for hydroxylation is 1. The summed E-state index contributed by atoms with van der Waals surface area (Å²) in [5.41, 5.74) is 0.470. The molecule has 0 saturated heterocycles. The van der Waals surface area contributed by atoms with Crippen LogP contribution in [0.4, 0.5) is 5.69 Å². The van der Waals surface area contributed by atoms with Gasteiger partial charge in [0.1, 0.15) is 0 Å². The van der Waals surface area contributed by atoms with Gasteiger partial charge in [0.2, 0.25) is 5.91 Å². The highest BCUT2D eigenvalue weighted by Gasteiger charge is 2.21. The summed E-state index contributed by atoms with van der Waals surface area (Å²) in [6, 6.07) is 6.31. The molecule has 0 fully saturated rings. The third kappa shape index (κ3) is 4.26. The zero-order chi connectivity index (χ0) is 22.9. The number of hydrogen-bond acceptors (Lipinski definition) is 7. The molecular formula is C20H23N5O5S. The summed E-state index contributed by atoms with van der Waals surface area (Å²) in [6.45, 7) is 3.79. The second-order valence-electron chi connectivity index (χ2n) is 7.15. The highest BCUT2D eigenvalue weighted by molar-refractivity contribution is 7.99. The number of benzene rings is 1. The van der Waals surface area contributed by atoms with Crippen LogP contribution in [0.5, 0.6) is 0 Å². The Hall–Kier alpha value is -3.34. The summed E-state index contributed by atoms with van der Waals surface area (Å²) >= 11 is 1.16. The molecule has 0 spiro atoms. The maximum atomic E-state index is 12.7. The van der Waals surface area contributed by atoms with Crippen LogP contribution in [0.25, 0.3) is 11.2 Å². The maximum Gasteiger partial charge on any atom is 0.337 e. The molecule has 11 heteroatoms. The maximum absolute atomic E-state index is 12.7. The van der Waals surface area contributed by atoms with Gasteiger partial charge >= 0.3 is 11.7 Å². The summed E-state index contributed by atoms with van der Waals surface area (Å²) in [4.78, 5) is 53.5. The van der Waals surface area contributed by atoms with E-state index < -0.39 is 17.2 Å². The SMILES string of the molecule is COC(=O)c1cccc(NC(=O)CSc2nc3c(c(=O)n(C)c(=O)n3C)n2C(C)C)c1. The van der Waals surface area contributed by atoms with E-state index in [1.165, 1.54) is 24.8 Å². The Balaban J connectivity index is 1.87. The second kappa shape index (κ2) is 8.80. The Morgan fingerprint density at radius 2 is 1.90 bits per heavy atom. The van der Waals surface area contributed by atoms with E-state index in [-0.39, 0.29) is 23.3 Å². The number of esters is 1. The highest BCUT2D eigenvalue weighted by Crippen LogP contribution is 2.25. The van der Waals surface area contributed by atoms with Crippen LogP contribution in [0.3, 0.4) is 0 Å². The van der Waals surface area contributed by atoms with E-state index in [2.05, 4.69) is 15.0 Å². The smallest absolute Gasteiger partial charge is 0.337 e. The molecule has 10 nitrogen and oxygen atoms in total. The normalized spacial score (nSPS) is 11.2.